The highest BCUT2D eigenvalue weighted by molar-refractivity contribution is 5.34. The molecule has 0 unspecified atom stereocenters. The fraction of sp³-hybridized carbons (Fsp3) is 0.409. The van der Waals surface area contributed by atoms with E-state index in [-0.39, 0.29) is 6.61 Å². The molecule has 0 aliphatic carbocycles. The van der Waals surface area contributed by atoms with Gasteiger partial charge in [-0.1, -0.05) is 24.1 Å². The van der Waals surface area contributed by atoms with Crippen molar-refractivity contribution in [3.05, 3.63) is 65.0 Å². The Balaban J connectivity index is 1.62. The Morgan fingerprint density at radius 2 is 1.96 bits per heavy atom. The van der Waals surface area contributed by atoms with Gasteiger partial charge in [-0.2, -0.15) is 0 Å². The van der Waals surface area contributed by atoms with Crippen molar-refractivity contribution in [1.29, 1.82) is 0 Å². The van der Waals surface area contributed by atoms with Crippen molar-refractivity contribution in [2.45, 2.75) is 32.5 Å². The van der Waals surface area contributed by atoms with Crippen molar-refractivity contribution in [3.8, 4) is 12.3 Å². The molecule has 26 heavy (non-hydrogen) atoms. The minimum absolute atomic E-state index is 0.215. The standard InChI is InChI=1S/C22H27N3O/c1-3-19-7-9-20(10-8-19)15-24-12-13-25(22(17-24)11-14-26)16-21-6-4-5-18(2)23-21/h1,4-10,22,26H,11-17H2,2H3/t22-/m1/s1. The lowest BCUT2D eigenvalue weighted by Gasteiger charge is -2.41. The summed E-state index contributed by atoms with van der Waals surface area (Å²) < 4.78 is 0. The predicted molar refractivity (Wildman–Crippen MR) is 105 cm³/mol. The van der Waals surface area contributed by atoms with Crippen LogP contribution in [0.15, 0.2) is 42.5 Å². The quantitative estimate of drug-likeness (QED) is 0.813. The summed E-state index contributed by atoms with van der Waals surface area (Å²) in [6.07, 6.45) is 6.22. The molecule has 2 aromatic rings. The van der Waals surface area contributed by atoms with E-state index in [0.717, 1.165) is 56.1 Å². The Kier molecular flexibility index (Phi) is 6.40. The van der Waals surface area contributed by atoms with E-state index in [4.69, 9.17) is 6.42 Å². The van der Waals surface area contributed by atoms with Gasteiger partial charge in [-0.15, -0.1) is 6.42 Å². The van der Waals surface area contributed by atoms with Gasteiger partial charge in [0.2, 0.25) is 0 Å². The monoisotopic (exact) mass is 349 g/mol. The summed E-state index contributed by atoms with van der Waals surface area (Å²) in [7, 11) is 0. The van der Waals surface area contributed by atoms with Gasteiger partial charge in [0.1, 0.15) is 0 Å². The van der Waals surface area contributed by atoms with Crippen LogP contribution < -0.4 is 0 Å². The van der Waals surface area contributed by atoms with Crippen LogP contribution in [0, 0.1) is 19.3 Å². The van der Waals surface area contributed by atoms with Crippen LogP contribution in [-0.4, -0.2) is 52.2 Å². The van der Waals surface area contributed by atoms with Crippen LogP contribution in [0.3, 0.4) is 0 Å². The van der Waals surface area contributed by atoms with Gasteiger partial charge in [-0.25, -0.2) is 0 Å². The van der Waals surface area contributed by atoms with Crippen molar-refractivity contribution < 1.29 is 5.11 Å². The first kappa shape index (κ1) is 18.6. The Morgan fingerprint density at radius 3 is 2.65 bits per heavy atom. The number of pyridine rings is 1. The van der Waals surface area contributed by atoms with Crippen LogP contribution >= 0.6 is 0 Å². The van der Waals surface area contributed by atoms with E-state index in [1.165, 1.54) is 5.56 Å². The number of aryl methyl sites for hydroxylation is 1. The molecule has 0 bridgehead atoms. The number of rotatable bonds is 6. The highest BCUT2D eigenvalue weighted by Gasteiger charge is 2.26. The largest absolute Gasteiger partial charge is 0.396 e. The molecule has 1 N–H and O–H groups in total. The van der Waals surface area contributed by atoms with Crippen molar-refractivity contribution in [1.82, 2.24) is 14.8 Å². The van der Waals surface area contributed by atoms with Crippen LogP contribution in [0.5, 0.6) is 0 Å². The number of hydrogen-bond acceptors (Lipinski definition) is 4. The summed E-state index contributed by atoms with van der Waals surface area (Å²) in [5, 5.41) is 9.50. The molecule has 3 rings (SSSR count). The summed E-state index contributed by atoms with van der Waals surface area (Å²) in [6.45, 7) is 6.97. The molecule has 1 saturated heterocycles. The number of nitrogens with zero attached hydrogens (tertiary/aromatic N) is 3. The number of terminal acetylenes is 1. The third-order valence-electron chi connectivity index (χ3n) is 4.99. The maximum absolute atomic E-state index is 9.50. The maximum atomic E-state index is 9.50. The molecule has 4 nitrogen and oxygen atoms in total. The molecular formula is C22H27N3O. The van der Waals surface area contributed by atoms with Crippen molar-refractivity contribution in [2.75, 3.05) is 26.2 Å². The van der Waals surface area contributed by atoms with E-state index < -0.39 is 0 Å². The van der Waals surface area contributed by atoms with Gasteiger partial charge >= 0.3 is 0 Å². The van der Waals surface area contributed by atoms with Crippen molar-refractivity contribution >= 4 is 0 Å². The molecule has 136 valence electrons. The number of aliphatic hydroxyl groups is 1. The molecule has 0 saturated carbocycles. The molecule has 0 radical (unpaired) electrons. The molecule has 1 aromatic heterocycles. The summed E-state index contributed by atoms with van der Waals surface area (Å²) in [5.41, 5.74) is 4.35. The molecule has 2 heterocycles. The van der Waals surface area contributed by atoms with Gasteiger partial charge in [0, 0.05) is 56.6 Å². The smallest absolute Gasteiger partial charge is 0.0547 e. The minimum atomic E-state index is 0.215. The van der Waals surface area contributed by atoms with E-state index in [1.807, 2.05) is 25.1 Å². The van der Waals surface area contributed by atoms with Gasteiger partial charge in [0.05, 0.1) is 5.69 Å². The van der Waals surface area contributed by atoms with Gasteiger partial charge in [-0.3, -0.25) is 14.8 Å². The molecular weight excluding hydrogens is 322 g/mol. The van der Waals surface area contributed by atoms with Crippen LogP contribution in [0.25, 0.3) is 0 Å². The first-order chi connectivity index (χ1) is 12.7. The van der Waals surface area contributed by atoms with Crippen LogP contribution in [0.1, 0.15) is 28.9 Å². The lowest BCUT2D eigenvalue weighted by Crippen LogP contribution is -2.52. The summed E-state index contributed by atoms with van der Waals surface area (Å²) in [5.74, 6) is 2.66. The fourth-order valence-corrected chi connectivity index (χ4v) is 3.59. The molecule has 0 spiro atoms. The molecule has 4 heteroatoms. The van der Waals surface area contributed by atoms with Crippen molar-refractivity contribution in [2.24, 2.45) is 0 Å². The average molecular weight is 349 g/mol. The second-order valence-electron chi connectivity index (χ2n) is 6.98. The number of benzene rings is 1. The Bertz CT molecular complexity index is 751. The van der Waals surface area contributed by atoms with E-state index in [9.17, 15) is 5.11 Å². The van der Waals surface area contributed by atoms with E-state index >= 15 is 0 Å². The van der Waals surface area contributed by atoms with Crippen molar-refractivity contribution in [3.63, 3.8) is 0 Å². The normalized spacial score (nSPS) is 18.6. The van der Waals surface area contributed by atoms with Gasteiger partial charge in [0.25, 0.3) is 0 Å². The topological polar surface area (TPSA) is 39.6 Å². The van der Waals surface area contributed by atoms with Gasteiger partial charge in [0.15, 0.2) is 0 Å². The second-order valence-corrected chi connectivity index (χ2v) is 6.98. The minimum Gasteiger partial charge on any atom is -0.396 e. The van der Waals surface area contributed by atoms with Gasteiger partial charge in [-0.05, 0) is 43.2 Å². The van der Waals surface area contributed by atoms with E-state index in [0.29, 0.717) is 6.04 Å². The lowest BCUT2D eigenvalue weighted by molar-refractivity contribution is 0.0491. The third kappa shape index (κ3) is 4.92. The number of piperazine rings is 1. The number of aromatic nitrogens is 1. The summed E-state index contributed by atoms with van der Waals surface area (Å²) in [4.78, 5) is 9.55. The van der Waals surface area contributed by atoms with E-state index in [1.54, 1.807) is 0 Å². The summed E-state index contributed by atoms with van der Waals surface area (Å²) >= 11 is 0. The molecule has 1 aromatic carbocycles. The zero-order chi connectivity index (χ0) is 18.4. The third-order valence-corrected chi connectivity index (χ3v) is 4.99. The van der Waals surface area contributed by atoms with E-state index in [2.05, 4.69) is 45.0 Å². The number of aliphatic hydroxyl groups excluding tert-OH is 1. The van der Waals surface area contributed by atoms with Crippen LogP contribution in [0.4, 0.5) is 0 Å². The number of hydrogen-bond donors (Lipinski definition) is 1. The first-order valence-corrected chi connectivity index (χ1v) is 9.23. The second kappa shape index (κ2) is 8.95. The molecule has 1 aliphatic heterocycles. The fourth-order valence-electron chi connectivity index (χ4n) is 3.59. The molecule has 1 aliphatic rings. The lowest BCUT2D eigenvalue weighted by atomic mass is 10.1. The predicted octanol–water partition coefficient (Wildman–Crippen LogP) is 2.44. The highest BCUT2D eigenvalue weighted by atomic mass is 16.3. The van der Waals surface area contributed by atoms with Gasteiger partial charge < -0.3 is 5.11 Å². The first-order valence-electron chi connectivity index (χ1n) is 9.23. The maximum Gasteiger partial charge on any atom is 0.0547 e. The molecule has 1 fully saturated rings. The Labute approximate surface area is 156 Å². The van der Waals surface area contributed by atoms with Crippen LogP contribution in [-0.2, 0) is 13.1 Å². The highest BCUT2D eigenvalue weighted by Crippen LogP contribution is 2.18. The average Bonchev–Trinajstić information content (AvgIpc) is 2.65. The Hall–Kier alpha value is -2.19. The van der Waals surface area contributed by atoms with Crippen LogP contribution in [0.2, 0.25) is 0 Å². The molecule has 0 amide bonds. The zero-order valence-corrected chi connectivity index (χ0v) is 15.4. The Morgan fingerprint density at radius 1 is 1.15 bits per heavy atom. The zero-order valence-electron chi connectivity index (χ0n) is 15.4. The summed E-state index contributed by atoms with van der Waals surface area (Å²) in [6, 6.07) is 14.7. The SMILES string of the molecule is C#Cc1ccc(CN2CCN(Cc3cccc(C)n3)[C@H](CCO)C2)cc1. The molecule has 1 atom stereocenters.